The lowest BCUT2D eigenvalue weighted by atomic mass is 9.75. The number of nitrogens with zero attached hydrogens (tertiary/aromatic N) is 5. The highest BCUT2D eigenvalue weighted by atomic mass is 35.5. The second-order valence-electron chi connectivity index (χ2n) is 8.10. The van der Waals surface area contributed by atoms with Crippen molar-refractivity contribution < 1.29 is 19.3 Å². The van der Waals surface area contributed by atoms with Gasteiger partial charge in [-0.1, -0.05) is 32.4 Å². The normalized spacial score (nSPS) is 13.9. The minimum atomic E-state index is -1.13. The van der Waals surface area contributed by atoms with Crippen molar-refractivity contribution >= 4 is 34.5 Å². The summed E-state index contributed by atoms with van der Waals surface area (Å²) in [5.74, 6) is 0.794. The molecule has 0 saturated heterocycles. The summed E-state index contributed by atoms with van der Waals surface area (Å²) in [5, 5.41) is 19.3. The molecule has 0 aliphatic rings. The van der Waals surface area contributed by atoms with Crippen molar-refractivity contribution in [3.8, 4) is 17.4 Å². The fourth-order valence-electron chi connectivity index (χ4n) is 2.88. The van der Waals surface area contributed by atoms with Gasteiger partial charge in [0.2, 0.25) is 5.88 Å². The molecule has 0 aliphatic carbocycles. The van der Waals surface area contributed by atoms with E-state index in [-0.39, 0.29) is 23.5 Å². The molecule has 0 saturated carbocycles. The highest BCUT2D eigenvalue weighted by Crippen LogP contribution is 2.34. The number of fused-ring (bicyclic) bond motifs is 1. The standard InChI is InChI=1S/C18H24ClN7O4/c1-6-26-9-7-10(29-8-18(5,17(2,3)4)23-16(27)28)21-13(19)11(9)22-15(26)12-14(20)25-30-24-12/h7,23H,6,8H2,1-5H3,(H2,20,25)(H,27,28)/t18-/m1/s1. The van der Waals surface area contributed by atoms with Crippen LogP contribution in [0.2, 0.25) is 5.15 Å². The van der Waals surface area contributed by atoms with Crippen molar-refractivity contribution in [3.05, 3.63) is 11.2 Å². The van der Waals surface area contributed by atoms with Crippen LogP contribution in [0.25, 0.3) is 22.6 Å². The Balaban J connectivity index is 2.00. The van der Waals surface area contributed by atoms with Gasteiger partial charge in [0.1, 0.15) is 12.1 Å². The van der Waals surface area contributed by atoms with Crippen molar-refractivity contribution in [1.29, 1.82) is 0 Å². The Morgan fingerprint density at radius 2 is 2.03 bits per heavy atom. The number of nitrogen functional groups attached to an aromatic ring is 1. The molecule has 0 aliphatic heterocycles. The van der Waals surface area contributed by atoms with Crippen LogP contribution >= 0.6 is 11.6 Å². The third-order valence-corrected chi connectivity index (χ3v) is 5.52. The molecular formula is C18H24ClN7O4. The molecule has 3 aromatic rings. The molecule has 0 bridgehead atoms. The predicted molar refractivity (Wildman–Crippen MR) is 110 cm³/mol. The molecule has 0 radical (unpaired) electrons. The van der Waals surface area contributed by atoms with E-state index < -0.39 is 17.0 Å². The van der Waals surface area contributed by atoms with E-state index in [0.717, 1.165) is 0 Å². The molecule has 0 spiro atoms. The first-order valence-corrected chi connectivity index (χ1v) is 9.63. The number of hydrogen-bond donors (Lipinski definition) is 3. The van der Waals surface area contributed by atoms with Crippen molar-refractivity contribution in [2.75, 3.05) is 12.3 Å². The van der Waals surface area contributed by atoms with Crippen molar-refractivity contribution in [2.24, 2.45) is 5.41 Å². The Labute approximate surface area is 177 Å². The van der Waals surface area contributed by atoms with E-state index in [9.17, 15) is 9.90 Å². The van der Waals surface area contributed by atoms with Gasteiger partial charge >= 0.3 is 6.09 Å². The number of carbonyl (C=O) groups is 1. The van der Waals surface area contributed by atoms with Crippen LogP contribution in [0.1, 0.15) is 34.6 Å². The van der Waals surface area contributed by atoms with Gasteiger partial charge in [0, 0.05) is 12.6 Å². The Bertz CT molecular complexity index is 1090. The first-order valence-electron chi connectivity index (χ1n) is 9.26. The quantitative estimate of drug-likeness (QED) is 0.493. The number of nitrogens with two attached hydrogens (primary N) is 1. The van der Waals surface area contributed by atoms with Gasteiger partial charge in [-0.05, 0) is 29.6 Å². The summed E-state index contributed by atoms with van der Waals surface area (Å²) in [6.07, 6.45) is -1.13. The molecule has 11 nitrogen and oxygen atoms in total. The van der Waals surface area contributed by atoms with Gasteiger partial charge in [-0.25, -0.2) is 14.4 Å². The van der Waals surface area contributed by atoms with Gasteiger partial charge in [-0.15, -0.1) is 0 Å². The van der Waals surface area contributed by atoms with Crippen molar-refractivity contribution in [3.63, 3.8) is 0 Å². The molecule has 4 N–H and O–H groups in total. The summed E-state index contributed by atoms with van der Waals surface area (Å²) >= 11 is 6.36. The zero-order chi connectivity index (χ0) is 22.3. The average Bonchev–Trinajstić information content (AvgIpc) is 3.21. The maximum absolute atomic E-state index is 11.3. The van der Waals surface area contributed by atoms with Crippen LogP contribution in [-0.4, -0.2) is 48.2 Å². The number of aryl methyl sites for hydroxylation is 1. The van der Waals surface area contributed by atoms with E-state index in [2.05, 4.69) is 30.2 Å². The minimum absolute atomic E-state index is 0.0465. The van der Waals surface area contributed by atoms with Crippen LogP contribution in [-0.2, 0) is 6.54 Å². The number of carboxylic acid groups (broad SMARTS) is 1. The zero-order valence-electron chi connectivity index (χ0n) is 17.4. The number of amides is 1. The molecule has 1 amide bonds. The maximum atomic E-state index is 11.3. The number of pyridine rings is 1. The van der Waals surface area contributed by atoms with E-state index in [1.165, 1.54) is 0 Å². The SMILES string of the molecule is CCn1c(-c2nonc2N)nc2c(Cl)nc(OC[C@@](C)(NC(=O)O)C(C)(C)C)cc21. The monoisotopic (exact) mass is 437 g/mol. The highest BCUT2D eigenvalue weighted by molar-refractivity contribution is 6.33. The molecule has 3 heterocycles. The predicted octanol–water partition coefficient (Wildman–Crippen LogP) is 3.19. The third kappa shape index (κ3) is 3.84. The van der Waals surface area contributed by atoms with Gasteiger partial charge < -0.3 is 25.5 Å². The van der Waals surface area contributed by atoms with Crippen molar-refractivity contribution in [1.82, 2.24) is 30.2 Å². The lowest BCUT2D eigenvalue weighted by Gasteiger charge is -2.41. The maximum Gasteiger partial charge on any atom is 0.405 e. The van der Waals surface area contributed by atoms with Crippen LogP contribution in [0.5, 0.6) is 5.88 Å². The molecule has 12 heteroatoms. The van der Waals surface area contributed by atoms with Gasteiger partial charge in [0.25, 0.3) is 0 Å². The Morgan fingerprint density at radius 3 is 2.57 bits per heavy atom. The summed E-state index contributed by atoms with van der Waals surface area (Å²) in [5.41, 5.74) is 5.93. The van der Waals surface area contributed by atoms with Gasteiger partial charge in [-0.3, -0.25) is 0 Å². The molecule has 0 fully saturated rings. The van der Waals surface area contributed by atoms with Gasteiger partial charge in [0.05, 0.1) is 11.1 Å². The minimum Gasteiger partial charge on any atom is -0.475 e. The summed E-state index contributed by atoms with van der Waals surface area (Å²) in [6.45, 7) is 10.1. The van der Waals surface area contributed by atoms with E-state index >= 15 is 0 Å². The number of anilines is 1. The number of aromatic nitrogens is 5. The zero-order valence-corrected chi connectivity index (χ0v) is 18.1. The van der Waals surface area contributed by atoms with Gasteiger partial charge in [0.15, 0.2) is 22.5 Å². The molecule has 30 heavy (non-hydrogen) atoms. The van der Waals surface area contributed by atoms with Crippen molar-refractivity contribution in [2.45, 2.75) is 46.7 Å². The van der Waals surface area contributed by atoms with Gasteiger partial charge in [-0.2, -0.15) is 4.98 Å². The highest BCUT2D eigenvalue weighted by Gasteiger charge is 2.40. The van der Waals surface area contributed by atoms with Crippen LogP contribution in [0.15, 0.2) is 10.7 Å². The molecular weight excluding hydrogens is 414 g/mol. The second-order valence-corrected chi connectivity index (χ2v) is 8.46. The molecule has 3 aromatic heterocycles. The fraction of sp³-hybridized carbons (Fsp3) is 0.500. The van der Waals surface area contributed by atoms with Crippen LogP contribution in [0.3, 0.4) is 0 Å². The lowest BCUT2D eigenvalue weighted by Crippen LogP contribution is -2.58. The van der Waals surface area contributed by atoms with E-state index in [1.54, 1.807) is 13.0 Å². The third-order valence-electron chi connectivity index (χ3n) is 5.26. The Morgan fingerprint density at radius 1 is 1.33 bits per heavy atom. The Kier molecular flexibility index (Phi) is 5.50. The summed E-state index contributed by atoms with van der Waals surface area (Å²) in [4.78, 5) is 20.0. The second kappa shape index (κ2) is 7.63. The molecule has 162 valence electrons. The molecule has 1 atom stereocenters. The molecule has 0 unspecified atom stereocenters. The first-order chi connectivity index (χ1) is 14.0. The number of nitrogens with one attached hydrogen (secondary N) is 1. The number of rotatable bonds is 6. The fourth-order valence-corrected chi connectivity index (χ4v) is 3.10. The van der Waals surface area contributed by atoms with E-state index in [4.69, 9.17) is 22.1 Å². The van der Waals surface area contributed by atoms with Crippen LogP contribution in [0, 0.1) is 5.41 Å². The molecule has 0 aromatic carbocycles. The number of ether oxygens (including phenoxy) is 1. The van der Waals surface area contributed by atoms with E-state index in [1.807, 2.05) is 32.3 Å². The summed E-state index contributed by atoms with van der Waals surface area (Å²) in [6, 6.07) is 1.69. The van der Waals surface area contributed by atoms with Crippen LogP contribution < -0.4 is 15.8 Å². The van der Waals surface area contributed by atoms with Crippen LogP contribution in [0.4, 0.5) is 10.6 Å². The first kappa shape index (κ1) is 21.6. The lowest BCUT2D eigenvalue weighted by molar-refractivity contribution is 0.0810. The average molecular weight is 438 g/mol. The number of imidazole rings is 1. The number of hydrogen-bond acceptors (Lipinski definition) is 8. The Hall–Kier alpha value is -3.08. The summed E-state index contributed by atoms with van der Waals surface area (Å²) < 4.78 is 12.4. The van der Waals surface area contributed by atoms with E-state index in [0.29, 0.717) is 29.1 Å². The summed E-state index contributed by atoms with van der Waals surface area (Å²) in [7, 11) is 0. The topological polar surface area (TPSA) is 154 Å². The smallest absolute Gasteiger partial charge is 0.405 e. The number of halogens is 1. The largest absolute Gasteiger partial charge is 0.475 e. The molecule has 3 rings (SSSR count).